The molecule has 1 heterocycles. The van der Waals surface area contributed by atoms with E-state index in [1.807, 2.05) is 23.0 Å². The van der Waals surface area contributed by atoms with Crippen molar-refractivity contribution in [2.75, 3.05) is 6.26 Å². The van der Waals surface area contributed by atoms with E-state index in [-0.39, 0.29) is 18.3 Å². The maximum absolute atomic E-state index is 13.3. The summed E-state index contributed by atoms with van der Waals surface area (Å²) in [6.07, 6.45) is 3.51. The standard InChI is InChI=1S/C20H18ClFN4OS/c1-28-19-25-24-17(26(19)16-8-6-15(22)7-9-16)12-23-18(27)20(10-11-20)13-2-4-14(21)5-3-13/h2-9H,10-12H2,1H3,(H,23,27). The van der Waals surface area contributed by atoms with Gasteiger partial charge in [-0.3, -0.25) is 9.36 Å². The molecule has 0 aliphatic heterocycles. The Hall–Kier alpha value is -2.38. The van der Waals surface area contributed by atoms with Crippen molar-refractivity contribution in [3.8, 4) is 5.69 Å². The summed E-state index contributed by atoms with van der Waals surface area (Å²) in [5.41, 5.74) is 1.23. The van der Waals surface area contributed by atoms with E-state index < -0.39 is 5.41 Å². The van der Waals surface area contributed by atoms with Crippen LogP contribution in [0.15, 0.2) is 53.7 Å². The Balaban J connectivity index is 1.54. The number of carbonyl (C=O) groups excluding carboxylic acids is 1. The number of thioether (sulfide) groups is 1. The topological polar surface area (TPSA) is 59.8 Å². The molecule has 1 aliphatic carbocycles. The fourth-order valence-electron chi connectivity index (χ4n) is 3.27. The van der Waals surface area contributed by atoms with E-state index in [9.17, 15) is 9.18 Å². The van der Waals surface area contributed by atoms with Crippen LogP contribution in [0, 0.1) is 5.82 Å². The molecule has 8 heteroatoms. The highest BCUT2D eigenvalue weighted by Gasteiger charge is 2.51. The average Bonchev–Trinajstić information content (AvgIpc) is 3.41. The zero-order chi connectivity index (χ0) is 19.7. The molecule has 28 heavy (non-hydrogen) atoms. The molecule has 144 valence electrons. The van der Waals surface area contributed by atoms with Gasteiger partial charge in [-0.1, -0.05) is 35.5 Å². The number of nitrogens with one attached hydrogen (secondary N) is 1. The van der Waals surface area contributed by atoms with Gasteiger partial charge in [-0.2, -0.15) is 0 Å². The number of rotatable bonds is 6. The minimum absolute atomic E-state index is 0.0332. The van der Waals surface area contributed by atoms with E-state index >= 15 is 0 Å². The predicted octanol–water partition coefficient (Wildman–Crippen LogP) is 4.13. The fraction of sp³-hybridized carbons (Fsp3) is 0.250. The van der Waals surface area contributed by atoms with Gasteiger partial charge in [0.1, 0.15) is 5.82 Å². The highest BCUT2D eigenvalue weighted by atomic mass is 35.5. The highest BCUT2D eigenvalue weighted by Crippen LogP contribution is 2.48. The zero-order valence-corrected chi connectivity index (χ0v) is 16.7. The van der Waals surface area contributed by atoms with Gasteiger partial charge in [-0.05, 0) is 61.1 Å². The lowest BCUT2D eigenvalue weighted by Crippen LogP contribution is -2.35. The maximum atomic E-state index is 13.3. The summed E-state index contributed by atoms with van der Waals surface area (Å²) in [4.78, 5) is 12.9. The summed E-state index contributed by atoms with van der Waals surface area (Å²) >= 11 is 7.40. The van der Waals surface area contributed by atoms with Crippen molar-refractivity contribution in [1.82, 2.24) is 20.1 Å². The first-order valence-electron chi connectivity index (χ1n) is 8.82. The molecule has 0 bridgehead atoms. The number of benzene rings is 2. The third kappa shape index (κ3) is 3.52. The molecule has 0 radical (unpaired) electrons. The van der Waals surface area contributed by atoms with E-state index in [2.05, 4.69) is 15.5 Å². The molecule has 1 aliphatic rings. The smallest absolute Gasteiger partial charge is 0.231 e. The van der Waals surface area contributed by atoms with Gasteiger partial charge in [-0.25, -0.2) is 4.39 Å². The first-order chi connectivity index (χ1) is 13.5. The molecule has 4 rings (SSSR count). The van der Waals surface area contributed by atoms with Gasteiger partial charge in [0.05, 0.1) is 12.0 Å². The summed E-state index contributed by atoms with van der Waals surface area (Å²) < 4.78 is 15.1. The maximum Gasteiger partial charge on any atom is 0.231 e. The molecule has 1 aromatic heterocycles. The molecule has 0 atom stereocenters. The summed E-state index contributed by atoms with van der Waals surface area (Å²) in [7, 11) is 0. The number of amides is 1. The van der Waals surface area contributed by atoms with E-state index in [0.717, 1.165) is 24.1 Å². The first-order valence-corrected chi connectivity index (χ1v) is 10.4. The fourth-order valence-corrected chi connectivity index (χ4v) is 3.91. The highest BCUT2D eigenvalue weighted by molar-refractivity contribution is 7.98. The minimum atomic E-state index is -0.492. The second-order valence-corrected chi connectivity index (χ2v) is 7.90. The van der Waals surface area contributed by atoms with Gasteiger partial charge >= 0.3 is 0 Å². The van der Waals surface area contributed by atoms with Crippen LogP contribution in [0.25, 0.3) is 5.69 Å². The van der Waals surface area contributed by atoms with E-state index in [1.165, 1.54) is 23.9 Å². The SMILES string of the molecule is CSc1nnc(CNC(=O)C2(c3ccc(Cl)cc3)CC2)n1-c1ccc(F)cc1. The predicted molar refractivity (Wildman–Crippen MR) is 107 cm³/mol. The molecule has 1 N–H and O–H groups in total. The van der Waals surface area contributed by atoms with Crippen molar-refractivity contribution >= 4 is 29.3 Å². The molecule has 1 amide bonds. The van der Waals surface area contributed by atoms with Crippen molar-refractivity contribution in [3.05, 3.63) is 70.8 Å². The lowest BCUT2D eigenvalue weighted by molar-refractivity contribution is -0.123. The molecular formula is C20H18ClFN4OS. The molecule has 0 spiro atoms. The molecule has 0 unspecified atom stereocenters. The minimum Gasteiger partial charge on any atom is -0.348 e. The molecule has 1 fully saturated rings. The summed E-state index contributed by atoms with van der Waals surface area (Å²) in [6, 6.07) is 13.5. The number of aromatic nitrogens is 3. The number of nitrogens with zero attached hydrogens (tertiary/aromatic N) is 3. The second-order valence-electron chi connectivity index (χ2n) is 6.69. The van der Waals surface area contributed by atoms with Crippen LogP contribution in [0.2, 0.25) is 5.02 Å². The Morgan fingerprint density at radius 1 is 1.18 bits per heavy atom. The van der Waals surface area contributed by atoms with Gasteiger partial charge in [0.2, 0.25) is 5.91 Å². The molecule has 2 aromatic carbocycles. The van der Waals surface area contributed by atoms with E-state index in [4.69, 9.17) is 11.6 Å². The number of carbonyl (C=O) groups is 1. The van der Waals surface area contributed by atoms with Crippen molar-refractivity contribution < 1.29 is 9.18 Å². The van der Waals surface area contributed by atoms with Crippen molar-refractivity contribution in [3.63, 3.8) is 0 Å². The molecule has 5 nitrogen and oxygen atoms in total. The van der Waals surface area contributed by atoms with Crippen LogP contribution in [0.1, 0.15) is 24.2 Å². The van der Waals surface area contributed by atoms with E-state index in [0.29, 0.717) is 16.0 Å². The van der Waals surface area contributed by atoms with Crippen LogP contribution >= 0.6 is 23.4 Å². The Morgan fingerprint density at radius 2 is 1.86 bits per heavy atom. The molecule has 3 aromatic rings. The van der Waals surface area contributed by atoms with Gasteiger partial charge in [0, 0.05) is 10.7 Å². The third-order valence-corrected chi connectivity index (χ3v) is 5.84. The summed E-state index contributed by atoms with van der Waals surface area (Å²) in [6.45, 7) is 0.235. The molecule has 0 saturated heterocycles. The van der Waals surface area contributed by atoms with Crippen LogP contribution in [-0.2, 0) is 16.8 Å². The lowest BCUT2D eigenvalue weighted by atomic mass is 9.95. The summed E-state index contributed by atoms with van der Waals surface area (Å²) in [5.74, 6) is 0.251. The number of hydrogen-bond donors (Lipinski definition) is 1. The third-order valence-electron chi connectivity index (χ3n) is 4.96. The van der Waals surface area contributed by atoms with Crippen LogP contribution in [-0.4, -0.2) is 26.9 Å². The lowest BCUT2D eigenvalue weighted by Gasteiger charge is -2.16. The van der Waals surface area contributed by atoms with Gasteiger partial charge in [-0.15, -0.1) is 10.2 Å². The van der Waals surface area contributed by atoms with Gasteiger partial charge < -0.3 is 5.32 Å². The second kappa shape index (κ2) is 7.56. The van der Waals surface area contributed by atoms with Crippen molar-refractivity contribution in [2.45, 2.75) is 30.0 Å². The Morgan fingerprint density at radius 3 is 2.46 bits per heavy atom. The monoisotopic (exact) mass is 416 g/mol. The molecular weight excluding hydrogens is 399 g/mol. The molecule has 1 saturated carbocycles. The normalized spacial score (nSPS) is 14.7. The Bertz CT molecular complexity index is 1000. The average molecular weight is 417 g/mol. The Labute approximate surface area is 171 Å². The van der Waals surface area contributed by atoms with Crippen LogP contribution in [0.5, 0.6) is 0 Å². The van der Waals surface area contributed by atoms with Gasteiger partial charge in [0.25, 0.3) is 0 Å². The number of halogens is 2. The van der Waals surface area contributed by atoms with Crippen molar-refractivity contribution in [2.24, 2.45) is 0 Å². The summed E-state index contributed by atoms with van der Waals surface area (Å²) in [5, 5.41) is 12.7. The quantitative estimate of drug-likeness (QED) is 0.614. The van der Waals surface area contributed by atoms with Crippen LogP contribution in [0.4, 0.5) is 4.39 Å². The van der Waals surface area contributed by atoms with Gasteiger partial charge in [0.15, 0.2) is 11.0 Å². The Kier molecular flexibility index (Phi) is 5.12. The number of hydrogen-bond acceptors (Lipinski definition) is 4. The van der Waals surface area contributed by atoms with Crippen LogP contribution in [0.3, 0.4) is 0 Å². The zero-order valence-electron chi connectivity index (χ0n) is 15.2. The largest absolute Gasteiger partial charge is 0.348 e. The first kappa shape index (κ1) is 19.0. The van der Waals surface area contributed by atoms with Crippen molar-refractivity contribution in [1.29, 1.82) is 0 Å². The van der Waals surface area contributed by atoms with E-state index in [1.54, 1.807) is 24.3 Å². The van der Waals surface area contributed by atoms with Crippen LogP contribution < -0.4 is 5.32 Å².